The van der Waals surface area contributed by atoms with Gasteiger partial charge in [0.2, 0.25) is 5.91 Å². The highest BCUT2D eigenvalue weighted by Crippen LogP contribution is 2.48. The standard InChI is InChI=1S/C22H21N5O/c1-12-4-6-25-10-17(12)14-7-15-9-20(26-11-18(15)19(24)8-14)27-22(28)21-13(2)16(21)3-5-23/h4,6-11,13,16,21H,3,24H2,1-2H3,(H,26,27,28)/t13-,16-,21-/m1/s1. The van der Waals surface area contributed by atoms with Crippen LogP contribution >= 0.6 is 0 Å². The third-order valence-corrected chi connectivity index (χ3v) is 5.66. The van der Waals surface area contributed by atoms with Crippen LogP contribution in [-0.4, -0.2) is 15.9 Å². The van der Waals surface area contributed by atoms with E-state index in [0.29, 0.717) is 17.9 Å². The lowest BCUT2D eigenvalue weighted by atomic mass is 9.99. The van der Waals surface area contributed by atoms with Crippen LogP contribution in [0.2, 0.25) is 0 Å². The number of carbonyl (C=O) groups is 1. The Kier molecular flexibility index (Phi) is 4.44. The van der Waals surface area contributed by atoms with E-state index in [1.165, 1.54) is 0 Å². The first kappa shape index (κ1) is 17.9. The molecule has 0 radical (unpaired) electrons. The summed E-state index contributed by atoms with van der Waals surface area (Å²) in [6, 6.07) is 9.90. The van der Waals surface area contributed by atoms with Crippen LogP contribution in [0.15, 0.2) is 42.9 Å². The molecule has 0 unspecified atom stereocenters. The molecular weight excluding hydrogens is 350 g/mol. The molecule has 0 saturated heterocycles. The number of hydrogen-bond acceptors (Lipinski definition) is 5. The van der Waals surface area contributed by atoms with Gasteiger partial charge in [0.15, 0.2) is 0 Å². The van der Waals surface area contributed by atoms with Crippen LogP contribution < -0.4 is 11.1 Å². The largest absolute Gasteiger partial charge is 0.398 e. The highest BCUT2D eigenvalue weighted by Gasteiger charge is 2.51. The van der Waals surface area contributed by atoms with Crippen molar-refractivity contribution in [3.05, 3.63) is 48.4 Å². The van der Waals surface area contributed by atoms with Crippen molar-refractivity contribution in [2.75, 3.05) is 11.1 Å². The smallest absolute Gasteiger partial charge is 0.229 e. The molecule has 3 atom stereocenters. The Hall–Kier alpha value is -3.46. The molecule has 3 N–H and O–H groups in total. The second-order valence-corrected chi connectivity index (χ2v) is 7.45. The normalized spacial score (nSPS) is 20.5. The minimum atomic E-state index is -0.119. The van der Waals surface area contributed by atoms with Gasteiger partial charge in [0.05, 0.1) is 6.07 Å². The zero-order valence-corrected chi connectivity index (χ0v) is 15.8. The predicted molar refractivity (Wildman–Crippen MR) is 109 cm³/mol. The predicted octanol–water partition coefficient (Wildman–Crippen LogP) is 3.92. The molecule has 28 heavy (non-hydrogen) atoms. The van der Waals surface area contributed by atoms with Gasteiger partial charge in [-0.1, -0.05) is 6.92 Å². The zero-order chi connectivity index (χ0) is 19.8. The fourth-order valence-corrected chi connectivity index (χ4v) is 3.88. The quantitative estimate of drug-likeness (QED) is 0.676. The second kappa shape index (κ2) is 6.93. The van der Waals surface area contributed by atoms with Gasteiger partial charge in [0.25, 0.3) is 0 Å². The summed E-state index contributed by atoms with van der Waals surface area (Å²) < 4.78 is 0. The monoisotopic (exact) mass is 371 g/mol. The summed E-state index contributed by atoms with van der Waals surface area (Å²) in [4.78, 5) is 21.1. The number of aromatic nitrogens is 2. The molecule has 0 bridgehead atoms. The van der Waals surface area contributed by atoms with Gasteiger partial charge in [0, 0.05) is 47.6 Å². The number of pyridine rings is 2. The van der Waals surface area contributed by atoms with Crippen molar-refractivity contribution < 1.29 is 4.79 Å². The summed E-state index contributed by atoms with van der Waals surface area (Å²) in [5.74, 6) is 0.669. The van der Waals surface area contributed by atoms with Crippen molar-refractivity contribution in [1.82, 2.24) is 9.97 Å². The Morgan fingerprint density at radius 3 is 2.89 bits per heavy atom. The molecule has 1 aliphatic carbocycles. The third-order valence-electron chi connectivity index (χ3n) is 5.66. The highest BCUT2D eigenvalue weighted by molar-refractivity contribution is 6.00. The van der Waals surface area contributed by atoms with Crippen molar-refractivity contribution in [3.8, 4) is 17.2 Å². The zero-order valence-electron chi connectivity index (χ0n) is 15.8. The van der Waals surface area contributed by atoms with Crippen LogP contribution in [0.4, 0.5) is 11.5 Å². The van der Waals surface area contributed by atoms with Crippen molar-refractivity contribution >= 4 is 28.2 Å². The highest BCUT2D eigenvalue weighted by atomic mass is 16.2. The minimum Gasteiger partial charge on any atom is -0.398 e. The maximum absolute atomic E-state index is 12.5. The van der Waals surface area contributed by atoms with Gasteiger partial charge >= 0.3 is 0 Å². The topological polar surface area (TPSA) is 105 Å². The van der Waals surface area contributed by atoms with Crippen LogP contribution in [0.25, 0.3) is 21.9 Å². The Morgan fingerprint density at radius 2 is 2.14 bits per heavy atom. The van der Waals surface area contributed by atoms with E-state index >= 15 is 0 Å². The molecular formula is C22H21N5O. The molecule has 1 aromatic carbocycles. The lowest BCUT2D eigenvalue weighted by Gasteiger charge is -2.11. The summed E-state index contributed by atoms with van der Waals surface area (Å²) in [6.07, 6.45) is 5.68. The number of hydrogen-bond donors (Lipinski definition) is 2. The van der Waals surface area contributed by atoms with Crippen molar-refractivity contribution in [2.45, 2.75) is 20.3 Å². The number of nitrogen functional groups attached to an aromatic ring is 1. The van der Waals surface area contributed by atoms with E-state index in [1.54, 1.807) is 12.4 Å². The van der Waals surface area contributed by atoms with Crippen LogP contribution in [0.5, 0.6) is 0 Å². The van der Waals surface area contributed by atoms with Gasteiger partial charge in [-0.3, -0.25) is 9.78 Å². The maximum atomic E-state index is 12.5. The molecule has 6 nitrogen and oxygen atoms in total. The molecule has 6 heteroatoms. The minimum absolute atomic E-state index is 0.0770. The first-order chi connectivity index (χ1) is 13.5. The second-order valence-electron chi connectivity index (χ2n) is 7.45. The molecule has 140 valence electrons. The first-order valence-corrected chi connectivity index (χ1v) is 9.27. The summed E-state index contributed by atoms with van der Waals surface area (Å²) in [7, 11) is 0. The number of carbonyl (C=O) groups excluding carboxylic acids is 1. The molecule has 1 aliphatic rings. The fourth-order valence-electron chi connectivity index (χ4n) is 3.88. The fraction of sp³-hybridized carbons (Fsp3) is 0.273. The van der Waals surface area contributed by atoms with E-state index < -0.39 is 0 Å². The van der Waals surface area contributed by atoms with Crippen LogP contribution in [-0.2, 0) is 4.79 Å². The molecule has 2 heterocycles. The Bertz CT molecular complexity index is 1120. The molecule has 0 spiro atoms. The number of nitrogens with one attached hydrogen (secondary N) is 1. The van der Waals surface area contributed by atoms with Crippen molar-refractivity contribution in [1.29, 1.82) is 5.26 Å². The maximum Gasteiger partial charge on any atom is 0.229 e. The third kappa shape index (κ3) is 3.16. The summed E-state index contributed by atoms with van der Waals surface area (Å²) in [5.41, 5.74) is 9.98. The van der Waals surface area contributed by atoms with Gasteiger partial charge in [-0.05, 0) is 59.5 Å². The van der Waals surface area contributed by atoms with Gasteiger partial charge in [-0.2, -0.15) is 5.26 Å². The molecule has 0 aliphatic heterocycles. The van der Waals surface area contributed by atoms with Crippen LogP contribution in [0.3, 0.4) is 0 Å². The van der Waals surface area contributed by atoms with Gasteiger partial charge < -0.3 is 11.1 Å². The van der Waals surface area contributed by atoms with Gasteiger partial charge in [-0.15, -0.1) is 0 Å². The van der Waals surface area contributed by atoms with Gasteiger partial charge in [0.1, 0.15) is 5.82 Å². The number of nitrogens with zero attached hydrogens (tertiary/aromatic N) is 3. The lowest BCUT2D eigenvalue weighted by Crippen LogP contribution is -2.16. The Morgan fingerprint density at radius 1 is 1.32 bits per heavy atom. The van der Waals surface area contributed by atoms with Crippen LogP contribution in [0, 0.1) is 36.0 Å². The van der Waals surface area contributed by atoms with Crippen molar-refractivity contribution in [2.24, 2.45) is 17.8 Å². The van der Waals surface area contributed by atoms with E-state index in [-0.39, 0.29) is 23.7 Å². The Labute approximate surface area is 163 Å². The average molecular weight is 371 g/mol. The Balaban J connectivity index is 1.64. The summed E-state index contributed by atoms with van der Waals surface area (Å²) in [5, 5.41) is 13.5. The SMILES string of the molecule is Cc1ccncc1-c1cc(N)c2cnc(NC(=O)[C@@H]3[C@H](C)[C@H]3CC#N)cc2c1. The average Bonchev–Trinajstić information content (AvgIpc) is 3.31. The number of aryl methyl sites for hydroxylation is 1. The van der Waals surface area contributed by atoms with E-state index in [9.17, 15) is 4.79 Å². The van der Waals surface area contributed by atoms with E-state index in [0.717, 1.165) is 27.5 Å². The molecule has 3 aromatic rings. The van der Waals surface area contributed by atoms with Gasteiger partial charge in [-0.25, -0.2) is 4.98 Å². The number of nitriles is 1. The van der Waals surface area contributed by atoms with Crippen molar-refractivity contribution in [3.63, 3.8) is 0 Å². The van der Waals surface area contributed by atoms with E-state index in [2.05, 4.69) is 21.4 Å². The number of anilines is 2. The summed E-state index contributed by atoms with van der Waals surface area (Å²) >= 11 is 0. The lowest BCUT2D eigenvalue weighted by molar-refractivity contribution is -0.117. The number of benzene rings is 1. The number of rotatable bonds is 4. The molecule has 1 amide bonds. The van der Waals surface area contributed by atoms with E-state index in [4.69, 9.17) is 11.0 Å². The summed E-state index contributed by atoms with van der Waals surface area (Å²) in [6.45, 7) is 4.04. The molecule has 2 aromatic heterocycles. The number of nitrogens with two attached hydrogens (primary N) is 1. The first-order valence-electron chi connectivity index (χ1n) is 9.27. The molecule has 1 fully saturated rings. The van der Waals surface area contributed by atoms with Crippen LogP contribution in [0.1, 0.15) is 18.9 Å². The molecule has 1 saturated carbocycles. The van der Waals surface area contributed by atoms with E-state index in [1.807, 2.05) is 44.3 Å². The molecule has 4 rings (SSSR count). The number of amides is 1. The number of fused-ring (bicyclic) bond motifs is 1.